The van der Waals surface area contributed by atoms with Crippen molar-refractivity contribution in [3.8, 4) is 0 Å². The van der Waals surface area contributed by atoms with Crippen molar-refractivity contribution < 1.29 is 14.7 Å². The molecule has 2 aromatic rings. The number of piperidine rings is 1. The van der Waals surface area contributed by atoms with Crippen LogP contribution in [0.25, 0.3) is 0 Å². The van der Waals surface area contributed by atoms with E-state index in [1.165, 1.54) is 0 Å². The Morgan fingerprint density at radius 1 is 1.15 bits per heavy atom. The number of carbonyl (C=O) groups is 2. The van der Waals surface area contributed by atoms with Gasteiger partial charge in [0.2, 0.25) is 0 Å². The zero-order valence-electron chi connectivity index (χ0n) is 14.7. The fraction of sp³-hybridized carbons (Fsp3) is 0.333. The van der Waals surface area contributed by atoms with E-state index in [4.69, 9.17) is 11.6 Å². The lowest BCUT2D eigenvalue weighted by atomic mass is 9.88. The van der Waals surface area contributed by atoms with Crippen LogP contribution in [-0.4, -0.2) is 35.0 Å². The van der Waals surface area contributed by atoms with Crippen molar-refractivity contribution in [1.29, 1.82) is 0 Å². The average Bonchev–Trinajstić information content (AvgIpc) is 2.61. The Morgan fingerprint density at radius 2 is 1.85 bits per heavy atom. The summed E-state index contributed by atoms with van der Waals surface area (Å²) in [6.07, 6.45) is 2.49. The summed E-state index contributed by atoms with van der Waals surface area (Å²) in [5, 5.41) is 9.89. The van der Waals surface area contributed by atoms with E-state index in [9.17, 15) is 14.7 Å². The first-order valence-electron chi connectivity index (χ1n) is 8.81. The second-order valence-electron chi connectivity index (χ2n) is 6.92. The van der Waals surface area contributed by atoms with Gasteiger partial charge >= 0.3 is 5.97 Å². The van der Waals surface area contributed by atoms with Crippen LogP contribution < -0.4 is 0 Å². The van der Waals surface area contributed by atoms with Crippen molar-refractivity contribution in [3.63, 3.8) is 0 Å². The van der Waals surface area contributed by atoms with E-state index < -0.39 is 5.97 Å². The van der Waals surface area contributed by atoms with E-state index in [1.54, 1.807) is 18.2 Å². The number of nitrogens with zero attached hydrogens (tertiary/aromatic N) is 1. The highest BCUT2D eigenvalue weighted by atomic mass is 35.5. The lowest BCUT2D eigenvalue weighted by molar-refractivity contribution is 0.0690. The molecule has 1 N–H and O–H groups in total. The number of hydrogen-bond acceptors (Lipinski definition) is 2. The third kappa shape index (κ3) is 4.25. The Kier molecular flexibility index (Phi) is 5.62. The first-order valence-corrected chi connectivity index (χ1v) is 9.19. The molecule has 136 valence electrons. The second-order valence-corrected chi connectivity index (χ2v) is 7.36. The Bertz CT molecular complexity index is 806. The number of benzene rings is 2. The predicted octanol–water partition coefficient (Wildman–Crippen LogP) is 4.44. The topological polar surface area (TPSA) is 57.6 Å². The van der Waals surface area contributed by atoms with E-state index in [0.29, 0.717) is 35.2 Å². The molecule has 2 aromatic carbocycles. The molecule has 0 atom stereocenters. The third-order valence-electron chi connectivity index (χ3n) is 4.95. The minimum absolute atomic E-state index is 0.0139. The maximum atomic E-state index is 12.7. The number of aryl methyl sites for hydroxylation is 1. The lowest BCUT2D eigenvalue weighted by Gasteiger charge is -2.32. The minimum atomic E-state index is -0.885. The number of likely N-dealkylation sites (tertiary alicyclic amines) is 1. The zero-order valence-corrected chi connectivity index (χ0v) is 15.5. The zero-order chi connectivity index (χ0) is 18.7. The summed E-state index contributed by atoms with van der Waals surface area (Å²) in [6, 6.07) is 12.6. The molecule has 3 rings (SSSR count). The molecule has 0 saturated carbocycles. The monoisotopic (exact) mass is 371 g/mol. The van der Waals surface area contributed by atoms with Crippen LogP contribution in [0.1, 0.15) is 44.7 Å². The van der Waals surface area contributed by atoms with Crippen molar-refractivity contribution in [1.82, 2.24) is 4.90 Å². The van der Waals surface area contributed by atoms with Crippen molar-refractivity contribution in [2.45, 2.75) is 26.2 Å². The molecule has 1 saturated heterocycles. The fourth-order valence-electron chi connectivity index (χ4n) is 3.60. The van der Waals surface area contributed by atoms with E-state index in [0.717, 1.165) is 30.4 Å². The summed E-state index contributed by atoms with van der Waals surface area (Å²) in [7, 11) is 0. The molecule has 4 nitrogen and oxygen atoms in total. The maximum Gasteiger partial charge on any atom is 0.335 e. The molecule has 0 aliphatic carbocycles. The van der Waals surface area contributed by atoms with Crippen LogP contribution in [0.2, 0.25) is 5.02 Å². The SMILES string of the molecule is Cc1cc(Cl)cc(C(=O)N2CCC(Cc3ccccc3C(=O)O)CC2)c1. The van der Waals surface area contributed by atoms with E-state index in [-0.39, 0.29) is 5.91 Å². The molecule has 1 aliphatic rings. The summed E-state index contributed by atoms with van der Waals surface area (Å²) < 4.78 is 0. The molecule has 0 unspecified atom stereocenters. The van der Waals surface area contributed by atoms with Crippen LogP contribution in [0, 0.1) is 12.8 Å². The van der Waals surface area contributed by atoms with Gasteiger partial charge in [-0.05, 0) is 67.5 Å². The van der Waals surface area contributed by atoms with E-state index in [1.807, 2.05) is 36.1 Å². The van der Waals surface area contributed by atoms with Crippen LogP contribution in [0.5, 0.6) is 0 Å². The van der Waals surface area contributed by atoms with Crippen LogP contribution in [0.3, 0.4) is 0 Å². The molecule has 1 aliphatic heterocycles. The number of halogens is 1. The molecule has 1 fully saturated rings. The van der Waals surface area contributed by atoms with Gasteiger partial charge in [0.25, 0.3) is 5.91 Å². The van der Waals surface area contributed by atoms with Crippen LogP contribution >= 0.6 is 11.6 Å². The van der Waals surface area contributed by atoms with Gasteiger partial charge in [-0.3, -0.25) is 4.79 Å². The molecule has 0 bridgehead atoms. The Hall–Kier alpha value is -2.33. The molecule has 1 amide bonds. The molecule has 5 heteroatoms. The van der Waals surface area contributed by atoms with Gasteiger partial charge in [0.15, 0.2) is 0 Å². The number of amides is 1. The van der Waals surface area contributed by atoms with Gasteiger partial charge in [0.05, 0.1) is 5.56 Å². The second kappa shape index (κ2) is 7.92. The van der Waals surface area contributed by atoms with Gasteiger partial charge in [-0.1, -0.05) is 29.8 Å². The lowest BCUT2D eigenvalue weighted by Crippen LogP contribution is -2.39. The highest BCUT2D eigenvalue weighted by Crippen LogP contribution is 2.25. The molecule has 1 heterocycles. The smallest absolute Gasteiger partial charge is 0.335 e. The summed E-state index contributed by atoms with van der Waals surface area (Å²) >= 11 is 6.07. The first kappa shape index (κ1) is 18.5. The standard InChI is InChI=1S/C21H22ClNO3/c1-14-10-17(13-18(22)11-14)20(24)23-8-6-15(7-9-23)12-16-4-2-3-5-19(16)21(25)26/h2-5,10-11,13,15H,6-9,12H2,1H3,(H,25,26). The quantitative estimate of drug-likeness (QED) is 0.864. The molecular formula is C21H22ClNO3. The van der Waals surface area contributed by atoms with Crippen molar-refractivity contribution in [2.24, 2.45) is 5.92 Å². The average molecular weight is 372 g/mol. The molecule has 0 aromatic heterocycles. The number of rotatable bonds is 4. The van der Waals surface area contributed by atoms with Crippen molar-refractivity contribution >= 4 is 23.5 Å². The number of carboxylic acid groups (broad SMARTS) is 1. The normalized spacial score (nSPS) is 15.1. The molecule has 0 radical (unpaired) electrons. The summed E-state index contributed by atoms with van der Waals surface area (Å²) in [5.74, 6) is -0.481. The van der Waals surface area contributed by atoms with Gasteiger partial charge in [0, 0.05) is 23.7 Å². The summed E-state index contributed by atoms with van der Waals surface area (Å²) in [5.41, 5.74) is 2.85. The number of hydrogen-bond donors (Lipinski definition) is 1. The highest BCUT2D eigenvalue weighted by Gasteiger charge is 2.25. The van der Waals surface area contributed by atoms with Crippen molar-refractivity contribution in [3.05, 3.63) is 69.7 Å². The number of aromatic carboxylic acids is 1. The minimum Gasteiger partial charge on any atom is -0.478 e. The van der Waals surface area contributed by atoms with Crippen LogP contribution in [-0.2, 0) is 6.42 Å². The van der Waals surface area contributed by atoms with Crippen LogP contribution in [0.4, 0.5) is 0 Å². The van der Waals surface area contributed by atoms with Crippen molar-refractivity contribution in [2.75, 3.05) is 13.1 Å². The van der Waals surface area contributed by atoms with Gasteiger partial charge < -0.3 is 10.0 Å². The Balaban J connectivity index is 1.63. The number of carboxylic acids is 1. The molecular weight excluding hydrogens is 350 g/mol. The summed E-state index contributed by atoms with van der Waals surface area (Å²) in [4.78, 5) is 25.9. The number of carbonyl (C=O) groups excluding carboxylic acids is 1. The van der Waals surface area contributed by atoms with Gasteiger partial charge in [-0.2, -0.15) is 0 Å². The van der Waals surface area contributed by atoms with E-state index >= 15 is 0 Å². The first-order chi connectivity index (χ1) is 12.4. The van der Waals surface area contributed by atoms with Gasteiger partial charge in [0.1, 0.15) is 0 Å². The molecule has 0 spiro atoms. The summed E-state index contributed by atoms with van der Waals surface area (Å²) in [6.45, 7) is 3.30. The van der Waals surface area contributed by atoms with E-state index in [2.05, 4.69) is 0 Å². The predicted molar refractivity (Wildman–Crippen MR) is 102 cm³/mol. The molecule has 26 heavy (non-hydrogen) atoms. The third-order valence-corrected chi connectivity index (χ3v) is 5.17. The van der Waals surface area contributed by atoms with Crippen LogP contribution in [0.15, 0.2) is 42.5 Å². The maximum absolute atomic E-state index is 12.7. The van der Waals surface area contributed by atoms with Gasteiger partial charge in [-0.25, -0.2) is 4.79 Å². The fourth-order valence-corrected chi connectivity index (χ4v) is 3.89. The Labute approximate surface area is 158 Å². The van der Waals surface area contributed by atoms with Gasteiger partial charge in [-0.15, -0.1) is 0 Å². The Morgan fingerprint density at radius 3 is 2.50 bits per heavy atom. The largest absolute Gasteiger partial charge is 0.478 e. The highest BCUT2D eigenvalue weighted by molar-refractivity contribution is 6.31.